The molecule has 0 fully saturated rings. The molecular weight excluding hydrogens is 353 g/mol. The van der Waals surface area contributed by atoms with Crippen molar-refractivity contribution in [1.82, 2.24) is 20.2 Å². The summed E-state index contributed by atoms with van der Waals surface area (Å²) in [4.78, 5) is 21.4. The molecule has 0 aliphatic heterocycles. The number of nitrogens with zero attached hydrogens (tertiary/aromatic N) is 4. The van der Waals surface area contributed by atoms with Gasteiger partial charge in [-0.05, 0) is 30.3 Å². The predicted molar refractivity (Wildman–Crippen MR) is 99.7 cm³/mol. The zero-order valence-electron chi connectivity index (χ0n) is 13.8. The lowest BCUT2D eigenvalue weighted by molar-refractivity contribution is -0.115. The summed E-state index contributed by atoms with van der Waals surface area (Å²) in [6, 6.07) is 13.8. The second kappa shape index (κ2) is 6.72. The predicted octanol–water partition coefficient (Wildman–Crippen LogP) is 3.40. The minimum atomic E-state index is -0.340. The Kier molecular flexibility index (Phi) is 4.26. The molecule has 26 heavy (non-hydrogen) atoms. The van der Waals surface area contributed by atoms with Gasteiger partial charge in [0.25, 0.3) is 0 Å². The first-order valence-corrected chi connectivity index (χ1v) is 8.86. The third kappa shape index (κ3) is 3.11. The number of nitrogens with one attached hydrogen (secondary N) is 1. The summed E-state index contributed by atoms with van der Waals surface area (Å²) in [6.45, 7) is 0. The van der Waals surface area contributed by atoms with E-state index < -0.39 is 0 Å². The molecule has 6 nitrogen and oxygen atoms in total. The maximum atomic E-state index is 13.4. The van der Waals surface area contributed by atoms with Gasteiger partial charge < -0.3 is 9.88 Å². The fourth-order valence-corrected chi connectivity index (χ4v) is 3.31. The van der Waals surface area contributed by atoms with Crippen LogP contribution in [0.5, 0.6) is 0 Å². The van der Waals surface area contributed by atoms with E-state index in [1.807, 2.05) is 30.3 Å². The molecular formula is C18H14FN5OS. The lowest BCUT2D eigenvalue weighted by Crippen LogP contribution is -2.27. The maximum absolute atomic E-state index is 13.4. The van der Waals surface area contributed by atoms with Crippen LogP contribution in [0.4, 0.5) is 10.1 Å². The van der Waals surface area contributed by atoms with E-state index in [0.717, 1.165) is 11.2 Å². The van der Waals surface area contributed by atoms with Crippen LogP contribution < -0.4 is 4.90 Å². The summed E-state index contributed by atoms with van der Waals surface area (Å²) in [5.41, 5.74) is 2.60. The van der Waals surface area contributed by atoms with Gasteiger partial charge in [-0.1, -0.05) is 30.0 Å². The monoisotopic (exact) mass is 367 g/mol. The van der Waals surface area contributed by atoms with Gasteiger partial charge in [0.2, 0.25) is 11.1 Å². The van der Waals surface area contributed by atoms with Gasteiger partial charge in [0.05, 0.1) is 5.75 Å². The second-order valence-electron chi connectivity index (χ2n) is 5.68. The molecule has 0 saturated carbocycles. The van der Waals surface area contributed by atoms with Crippen LogP contribution in [0.2, 0.25) is 0 Å². The van der Waals surface area contributed by atoms with E-state index in [9.17, 15) is 9.18 Å². The van der Waals surface area contributed by atoms with Gasteiger partial charge in [0.1, 0.15) is 11.3 Å². The zero-order valence-corrected chi connectivity index (χ0v) is 14.6. The van der Waals surface area contributed by atoms with Crippen molar-refractivity contribution in [2.45, 2.75) is 5.16 Å². The van der Waals surface area contributed by atoms with Gasteiger partial charge >= 0.3 is 0 Å². The quantitative estimate of drug-likeness (QED) is 0.560. The number of rotatable bonds is 4. The molecule has 8 heteroatoms. The second-order valence-corrected chi connectivity index (χ2v) is 6.63. The van der Waals surface area contributed by atoms with Gasteiger partial charge in [-0.2, -0.15) is 0 Å². The van der Waals surface area contributed by atoms with E-state index in [-0.39, 0.29) is 17.5 Å². The number of aromatic amines is 1. The Hall–Kier alpha value is -3.00. The molecule has 0 aliphatic rings. The average Bonchev–Trinajstić information content (AvgIpc) is 3.03. The first kappa shape index (κ1) is 16.5. The van der Waals surface area contributed by atoms with Crippen molar-refractivity contribution in [1.29, 1.82) is 0 Å². The fraction of sp³-hybridized carbons (Fsp3) is 0.111. The molecule has 2 aromatic heterocycles. The number of carbonyl (C=O) groups is 1. The Balaban J connectivity index is 1.52. The summed E-state index contributed by atoms with van der Waals surface area (Å²) in [5.74, 6) is -0.218. The fourth-order valence-electron chi connectivity index (χ4n) is 2.61. The summed E-state index contributed by atoms with van der Waals surface area (Å²) in [7, 11) is 1.73. The lowest BCUT2D eigenvalue weighted by atomic mass is 10.2. The SMILES string of the molecule is CN(C(=O)CSc1nnc2c(n1)[nH]c1ccc(F)cc12)c1ccccc1. The van der Waals surface area contributed by atoms with Crippen molar-refractivity contribution < 1.29 is 9.18 Å². The van der Waals surface area contributed by atoms with E-state index >= 15 is 0 Å². The Morgan fingerprint density at radius 3 is 2.81 bits per heavy atom. The van der Waals surface area contributed by atoms with Crippen LogP contribution >= 0.6 is 11.8 Å². The van der Waals surface area contributed by atoms with Crippen LogP contribution in [0.15, 0.2) is 53.7 Å². The van der Waals surface area contributed by atoms with Crippen molar-refractivity contribution in [3.8, 4) is 0 Å². The first-order valence-electron chi connectivity index (χ1n) is 7.88. The van der Waals surface area contributed by atoms with E-state index in [1.165, 1.54) is 23.9 Å². The largest absolute Gasteiger partial charge is 0.338 e. The van der Waals surface area contributed by atoms with Gasteiger partial charge in [0, 0.05) is 23.6 Å². The number of aromatic nitrogens is 4. The topological polar surface area (TPSA) is 74.8 Å². The van der Waals surface area contributed by atoms with Crippen molar-refractivity contribution in [2.75, 3.05) is 17.7 Å². The summed E-state index contributed by atoms with van der Waals surface area (Å²) in [5, 5.41) is 9.21. The highest BCUT2D eigenvalue weighted by Gasteiger charge is 2.14. The van der Waals surface area contributed by atoms with Gasteiger partial charge in [-0.25, -0.2) is 9.37 Å². The van der Waals surface area contributed by atoms with Gasteiger partial charge in [-0.15, -0.1) is 10.2 Å². The third-order valence-corrected chi connectivity index (χ3v) is 4.82. The van der Waals surface area contributed by atoms with Crippen LogP contribution in [0.25, 0.3) is 22.1 Å². The molecule has 2 heterocycles. The van der Waals surface area contributed by atoms with E-state index in [2.05, 4.69) is 20.2 Å². The first-order chi connectivity index (χ1) is 12.6. The van der Waals surface area contributed by atoms with Crippen molar-refractivity contribution in [2.24, 2.45) is 0 Å². The molecule has 0 radical (unpaired) electrons. The zero-order chi connectivity index (χ0) is 18.1. The average molecular weight is 367 g/mol. The van der Waals surface area contributed by atoms with Crippen LogP contribution in [-0.4, -0.2) is 38.9 Å². The number of anilines is 1. The number of amides is 1. The maximum Gasteiger partial charge on any atom is 0.237 e. The molecule has 2 aromatic carbocycles. The Morgan fingerprint density at radius 1 is 1.19 bits per heavy atom. The Morgan fingerprint density at radius 2 is 2.00 bits per heavy atom. The molecule has 1 amide bonds. The highest BCUT2D eigenvalue weighted by atomic mass is 32.2. The normalized spacial score (nSPS) is 11.2. The minimum absolute atomic E-state index is 0.0661. The highest BCUT2D eigenvalue weighted by Crippen LogP contribution is 2.24. The molecule has 0 saturated heterocycles. The number of H-pyrrole nitrogens is 1. The molecule has 4 aromatic rings. The number of carbonyl (C=O) groups excluding carboxylic acids is 1. The van der Waals surface area contributed by atoms with Crippen LogP contribution in [0, 0.1) is 5.82 Å². The standard InChI is InChI=1S/C18H14FN5OS/c1-24(12-5-3-2-4-6-12)15(25)10-26-18-21-17-16(22-23-18)13-9-11(19)7-8-14(13)20-17/h2-9H,10H2,1H3,(H,20,21,23). The number of para-hydroxylation sites is 1. The molecule has 0 aliphatic carbocycles. The van der Waals surface area contributed by atoms with Crippen LogP contribution in [0.1, 0.15) is 0 Å². The minimum Gasteiger partial charge on any atom is -0.338 e. The van der Waals surface area contributed by atoms with E-state index in [4.69, 9.17) is 0 Å². The third-order valence-electron chi connectivity index (χ3n) is 4.00. The lowest BCUT2D eigenvalue weighted by Gasteiger charge is -2.16. The van der Waals surface area contributed by atoms with Crippen molar-refractivity contribution in [3.63, 3.8) is 0 Å². The van der Waals surface area contributed by atoms with Crippen molar-refractivity contribution >= 4 is 45.4 Å². The Labute approximate surface area is 152 Å². The number of thioether (sulfide) groups is 1. The summed E-state index contributed by atoms with van der Waals surface area (Å²) >= 11 is 1.21. The van der Waals surface area contributed by atoms with Crippen LogP contribution in [0.3, 0.4) is 0 Å². The van der Waals surface area contributed by atoms with Crippen LogP contribution in [-0.2, 0) is 4.79 Å². The number of fused-ring (bicyclic) bond motifs is 3. The number of hydrogen-bond acceptors (Lipinski definition) is 5. The summed E-state index contributed by atoms with van der Waals surface area (Å²) < 4.78 is 13.4. The van der Waals surface area contributed by atoms with E-state index in [0.29, 0.717) is 21.7 Å². The molecule has 0 unspecified atom stereocenters. The van der Waals surface area contributed by atoms with Gasteiger partial charge in [0.15, 0.2) is 5.65 Å². The number of hydrogen-bond donors (Lipinski definition) is 1. The smallest absolute Gasteiger partial charge is 0.237 e. The number of benzene rings is 2. The molecule has 1 N–H and O–H groups in total. The molecule has 4 rings (SSSR count). The van der Waals surface area contributed by atoms with Gasteiger partial charge in [-0.3, -0.25) is 4.79 Å². The van der Waals surface area contributed by atoms with Crippen molar-refractivity contribution in [3.05, 3.63) is 54.3 Å². The molecule has 0 bridgehead atoms. The molecule has 0 spiro atoms. The number of halogens is 1. The molecule has 0 atom stereocenters. The highest BCUT2D eigenvalue weighted by molar-refractivity contribution is 7.99. The molecule has 130 valence electrons. The van der Waals surface area contributed by atoms with E-state index in [1.54, 1.807) is 18.0 Å². The Bertz CT molecular complexity index is 1100. The summed E-state index contributed by atoms with van der Waals surface area (Å²) in [6.07, 6.45) is 0.